The third-order valence-corrected chi connectivity index (χ3v) is 4.12. The van der Waals surface area contributed by atoms with Gasteiger partial charge in [0.25, 0.3) is 0 Å². The van der Waals surface area contributed by atoms with Gasteiger partial charge in [-0.15, -0.1) is 11.3 Å². The predicted octanol–water partition coefficient (Wildman–Crippen LogP) is 3.13. The highest BCUT2D eigenvalue weighted by Crippen LogP contribution is 2.32. The Balaban J connectivity index is 2.31. The van der Waals surface area contributed by atoms with Crippen molar-refractivity contribution in [1.82, 2.24) is 4.98 Å². The van der Waals surface area contributed by atoms with Gasteiger partial charge in [0, 0.05) is 0 Å². The molecule has 0 aliphatic carbocycles. The number of carbonyl (C=O) groups is 1. The van der Waals surface area contributed by atoms with Crippen LogP contribution >= 0.6 is 34.7 Å². The van der Waals surface area contributed by atoms with E-state index in [2.05, 4.69) is 4.98 Å². The summed E-state index contributed by atoms with van der Waals surface area (Å²) in [7, 11) is 0. The quantitative estimate of drug-likeness (QED) is 0.861. The van der Waals surface area contributed by atoms with E-state index in [9.17, 15) is 4.79 Å². The van der Waals surface area contributed by atoms with Gasteiger partial charge in [0.1, 0.15) is 5.52 Å². The Hall–Kier alpha value is -0.780. The van der Waals surface area contributed by atoms with Crippen molar-refractivity contribution in [2.75, 3.05) is 5.75 Å². The summed E-state index contributed by atoms with van der Waals surface area (Å²) < 4.78 is 1.72. The second-order valence-electron chi connectivity index (χ2n) is 2.75. The summed E-state index contributed by atoms with van der Waals surface area (Å²) in [5, 5.41) is 9.14. The van der Waals surface area contributed by atoms with Crippen LogP contribution in [0.15, 0.2) is 22.5 Å². The van der Waals surface area contributed by atoms with Gasteiger partial charge in [0.15, 0.2) is 4.34 Å². The average molecular weight is 260 g/mol. The minimum atomic E-state index is -0.842. The van der Waals surface area contributed by atoms with Gasteiger partial charge in [-0.05, 0) is 12.1 Å². The summed E-state index contributed by atoms with van der Waals surface area (Å²) >= 11 is 8.62. The van der Waals surface area contributed by atoms with E-state index in [1.807, 2.05) is 12.1 Å². The molecule has 0 atom stereocenters. The zero-order valence-corrected chi connectivity index (χ0v) is 9.83. The number of carboxylic acid groups (broad SMARTS) is 1. The molecule has 0 bridgehead atoms. The fourth-order valence-corrected chi connectivity index (χ4v) is 3.16. The lowest BCUT2D eigenvalue weighted by atomic mass is 10.3. The van der Waals surface area contributed by atoms with Gasteiger partial charge >= 0.3 is 5.97 Å². The first-order valence-electron chi connectivity index (χ1n) is 4.06. The van der Waals surface area contributed by atoms with E-state index in [1.165, 1.54) is 23.1 Å². The number of carboxylic acids is 1. The summed E-state index contributed by atoms with van der Waals surface area (Å²) in [6.07, 6.45) is 0. The average Bonchev–Trinajstić information content (AvgIpc) is 2.59. The first kappa shape index (κ1) is 10.7. The van der Waals surface area contributed by atoms with Gasteiger partial charge in [-0.25, -0.2) is 4.98 Å². The maximum absolute atomic E-state index is 10.4. The first-order valence-corrected chi connectivity index (χ1v) is 6.24. The third-order valence-electron chi connectivity index (χ3n) is 1.67. The van der Waals surface area contributed by atoms with Crippen molar-refractivity contribution in [3.8, 4) is 0 Å². The second kappa shape index (κ2) is 4.38. The molecule has 0 amide bonds. The number of thioether (sulfide) groups is 1. The molecule has 6 heteroatoms. The van der Waals surface area contributed by atoms with Crippen LogP contribution in [0.2, 0.25) is 5.02 Å². The number of aromatic nitrogens is 1. The van der Waals surface area contributed by atoms with E-state index in [0.29, 0.717) is 5.02 Å². The number of thiazole rings is 1. The van der Waals surface area contributed by atoms with E-state index in [0.717, 1.165) is 14.6 Å². The minimum Gasteiger partial charge on any atom is -0.481 e. The normalized spacial score (nSPS) is 10.7. The molecule has 2 rings (SSSR count). The number of aliphatic carboxylic acids is 1. The Morgan fingerprint density at radius 1 is 1.60 bits per heavy atom. The lowest BCUT2D eigenvalue weighted by Gasteiger charge is -1.89. The van der Waals surface area contributed by atoms with Crippen LogP contribution < -0.4 is 0 Å². The van der Waals surface area contributed by atoms with Crippen LogP contribution in [-0.4, -0.2) is 21.8 Å². The van der Waals surface area contributed by atoms with Crippen molar-refractivity contribution in [3.05, 3.63) is 23.2 Å². The molecule has 0 saturated carbocycles. The van der Waals surface area contributed by atoms with Gasteiger partial charge in [0.2, 0.25) is 0 Å². The van der Waals surface area contributed by atoms with Gasteiger partial charge in [-0.2, -0.15) is 0 Å². The van der Waals surface area contributed by atoms with Crippen LogP contribution in [0.4, 0.5) is 0 Å². The van der Waals surface area contributed by atoms with Gasteiger partial charge in [-0.1, -0.05) is 29.4 Å². The molecule has 3 nitrogen and oxygen atoms in total. The third kappa shape index (κ3) is 2.42. The largest absolute Gasteiger partial charge is 0.481 e. The first-order chi connectivity index (χ1) is 7.16. The molecule has 0 saturated heterocycles. The van der Waals surface area contributed by atoms with Gasteiger partial charge in [-0.3, -0.25) is 4.79 Å². The Morgan fingerprint density at radius 3 is 3.07 bits per heavy atom. The molecule has 0 aliphatic heterocycles. The van der Waals surface area contributed by atoms with E-state index >= 15 is 0 Å². The molecular formula is C9H6ClNO2S2. The number of hydrogen-bond donors (Lipinski definition) is 1. The van der Waals surface area contributed by atoms with Crippen LogP contribution in [0, 0.1) is 0 Å². The fourth-order valence-electron chi connectivity index (χ4n) is 1.08. The Labute approximate surface area is 99.1 Å². The Bertz CT molecular complexity index is 512. The van der Waals surface area contributed by atoms with Crippen LogP contribution in [0.1, 0.15) is 0 Å². The number of halogens is 1. The molecule has 15 heavy (non-hydrogen) atoms. The van der Waals surface area contributed by atoms with Crippen molar-refractivity contribution in [3.63, 3.8) is 0 Å². The zero-order chi connectivity index (χ0) is 10.8. The van der Waals surface area contributed by atoms with E-state index in [-0.39, 0.29) is 5.75 Å². The van der Waals surface area contributed by atoms with Crippen LogP contribution in [0.25, 0.3) is 10.2 Å². The molecule has 1 heterocycles. The summed E-state index contributed by atoms with van der Waals surface area (Å²) in [6, 6.07) is 5.55. The maximum atomic E-state index is 10.4. The summed E-state index contributed by atoms with van der Waals surface area (Å²) in [6.45, 7) is 0. The molecule has 0 spiro atoms. The number of hydrogen-bond acceptors (Lipinski definition) is 4. The number of para-hydroxylation sites is 1. The lowest BCUT2D eigenvalue weighted by molar-refractivity contribution is -0.133. The van der Waals surface area contributed by atoms with Crippen molar-refractivity contribution >= 4 is 50.9 Å². The maximum Gasteiger partial charge on any atom is 0.313 e. The van der Waals surface area contributed by atoms with Crippen LogP contribution in [0.5, 0.6) is 0 Å². The highest BCUT2D eigenvalue weighted by molar-refractivity contribution is 8.01. The lowest BCUT2D eigenvalue weighted by Crippen LogP contribution is -1.96. The smallest absolute Gasteiger partial charge is 0.313 e. The molecule has 78 valence electrons. The van der Waals surface area contributed by atoms with E-state index in [4.69, 9.17) is 16.7 Å². The van der Waals surface area contributed by atoms with Crippen LogP contribution in [-0.2, 0) is 4.79 Å². The fraction of sp³-hybridized carbons (Fsp3) is 0.111. The van der Waals surface area contributed by atoms with Crippen LogP contribution in [0.3, 0.4) is 0 Å². The molecule has 0 unspecified atom stereocenters. The molecule has 1 aromatic heterocycles. The number of rotatable bonds is 3. The summed E-state index contributed by atoms with van der Waals surface area (Å²) in [4.78, 5) is 14.7. The zero-order valence-electron chi connectivity index (χ0n) is 7.44. The highest BCUT2D eigenvalue weighted by Gasteiger charge is 2.08. The molecule has 1 N–H and O–H groups in total. The SMILES string of the molecule is O=C(O)CSc1nc2c(Cl)cccc2s1. The molecule has 1 aromatic carbocycles. The molecule has 0 aliphatic rings. The highest BCUT2D eigenvalue weighted by atomic mass is 35.5. The molecule has 0 radical (unpaired) electrons. The minimum absolute atomic E-state index is 0.0252. The number of benzene rings is 1. The standard InChI is InChI=1S/C9H6ClNO2S2/c10-5-2-1-3-6-8(5)11-9(15-6)14-4-7(12)13/h1-3H,4H2,(H,12,13). The summed E-state index contributed by atoms with van der Waals surface area (Å²) in [5.41, 5.74) is 0.747. The number of fused-ring (bicyclic) bond motifs is 1. The van der Waals surface area contributed by atoms with Gasteiger partial charge < -0.3 is 5.11 Å². The monoisotopic (exact) mass is 259 g/mol. The number of nitrogens with zero attached hydrogens (tertiary/aromatic N) is 1. The predicted molar refractivity (Wildman–Crippen MR) is 63.0 cm³/mol. The van der Waals surface area contributed by atoms with Crippen molar-refractivity contribution < 1.29 is 9.90 Å². The summed E-state index contributed by atoms with van der Waals surface area (Å²) in [5.74, 6) is -0.817. The molecule has 2 aromatic rings. The van der Waals surface area contributed by atoms with E-state index in [1.54, 1.807) is 6.07 Å². The van der Waals surface area contributed by atoms with E-state index < -0.39 is 5.97 Å². The topological polar surface area (TPSA) is 50.2 Å². The molecule has 0 fully saturated rings. The Kier molecular flexibility index (Phi) is 3.14. The van der Waals surface area contributed by atoms with Crippen molar-refractivity contribution in [1.29, 1.82) is 0 Å². The molecular weight excluding hydrogens is 254 g/mol. The van der Waals surface area contributed by atoms with Gasteiger partial charge in [0.05, 0.1) is 15.5 Å². The van der Waals surface area contributed by atoms with Crippen molar-refractivity contribution in [2.24, 2.45) is 0 Å². The second-order valence-corrected chi connectivity index (χ2v) is 5.41. The Morgan fingerprint density at radius 2 is 2.40 bits per heavy atom. The van der Waals surface area contributed by atoms with Crippen molar-refractivity contribution in [2.45, 2.75) is 4.34 Å².